The van der Waals surface area contributed by atoms with Crippen molar-refractivity contribution in [3.63, 3.8) is 0 Å². The molecule has 0 amide bonds. The molecule has 0 spiro atoms. The summed E-state index contributed by atoms with van der Waals surface area (Å²) in [6.07, 6.45) is 2.89. The summed E-state index contributed by atoms with van der Waals surface area (Å²) >= 11 is 0. The van der Waals surface area contributed by atoms with Crippen LogP contribution in [0.2, 0.25) is 0 Å². The van der Waals surface area contributed by atoms with Crippen LogP contribution in [0.4, 0.5) is 4.39 Å². The van der Waals surface area contributed by atoms with E-state index >= 15 is 0 Å². The number of rotatable bonds is 4. The van der Waals surface area contributed by atoms with Crippen LogP contribution in [-0.2, 0) is 6.54 Å². The molecule has 0 bridgehead atoms. The molecule has 2 aromatic carbocycles. The van der Waals surface area contributed by atoms with Crippen LogP contribution in [0.1, 0.15) is 13.3 Å². The first kappa shape index (κ1) is 14.6. The van der Waals surface area contributed by atoms with Crippen molar-refractivity contribution in [2.75, 3.05) is 0 Å². The molecule has 0 aliphatic rings. The standard InChI is InChI=1S/C18H15FN4O/c1-2-8-23-11-20-15-10-12(6-7-16(15)23)17-21-18(24-22-17)13-4-3-5-14(19)9-13/h3-7,9-11H,2,8H2,1H3. The minimum atomic E-state index is -0.338. The van der Waals surface area contributed by atoms with Crippen LogP contribution in [0.3, 0.4) is 0 Å². The van der Waals surface area contributed by atoms with Gasteiger partial charge in [0.15, 0.2) is 0 Å². The highest BCUT2D eigenvalue weighted by molar-refractivity contribution is 5.80. The summed E-state index contributed by atoms with van der Waals surface area (Å²) in [5, 5.41) is 4.00. The quantitative estimate of drug-likeness (QED) is 0.562. The zero-order valence-corrected chi connectivity index (χ0v) is 13.1. The fourth-order valence-corrected chi connectivity index (χ4v) is 2.70. The second-order valence-corrected chi connectivity index (χ2v) is 5.57. The van der Waals surface area contributed by atoms with Gasteiger partial charge >= 0.3 is 0 Å². The summed E-state index contributed by atoms with van der Waals surface area (Å²) in [6, 6.07) is 12.0. The van der Waals surface area contributed by atoms with Gasteiger partial charge in [-0.1, -0.05) is 18.1 Å². The Morgan fingerprint density at radius 1 is 1.12 bits per heavy atom. The lowest BCUT2D eigenvalue weighted by Crippen LogP contribution is -1.93. The number of fused-ring (bicyclic) bond motifs is 1. The number of hydrogen-bond donors (Lipinski definition) is 0. The number of imidazole rings is 1. The van der Waals surface area contributed by atoms with E-state index in [1.165, 1.54) is 12.1 Å². The summed E-state index contributed by atoms with van der Waals surface area (Å²) in [6.45, 7) is 3.06. The normalized spacial score (nSPS) is 11.2. The van der Waals surface area contributed by atoms with E-state index in [1.54, 1.807) is 12.1 Å². The minimum Gasteiger partial charge on any atom is -0.334 e. The third kappa shape index (κ3) is 2.56. The van der Waals surface area contributed by atoms with Crippen LogP contribution in [0, 0.1) is 5.82 Å². The highest BCUT2D eigenvalue weighted by atomic mass is 19.1. The van der Waals surface area contributed by atoms with Crippen LogP contribution in [0.15, 0.2) is 53.3 Å². The van der Waals surface area contributed by atoms with Crippen molar-refractivity contribution in [1.82, 2.24) is 19.7 Å². The zero-order chi connectivity index (χ0) is 16.5. The van der Waals surface area contributed by atoms with E-state index in [9.17, 15) is 4.39 Å². The maximum atomic E-state index is 13.3. The molecule has 0 saturated carbocycles. The Morgan fingerprint density at radius 3 is 2.88 bits per heavy atom. The van der Waals surface area contributed by atoms with Crippen molar-refractivity contribution < 1.29 is 8.91 Å². The van der Waals surface area contributed by atoms with Crippen LogP contribution < -0.4 is 0 Å². The molecule has 0 fully saturated rings. The average molecular weight is 322 g/mol. The molecule has 120 valence electrons. The molecule has 4 aromatic rings. The topological polar surface area (TPSA) is 56.7 Å². The van der Waals surface area contributed by atoms with Gasteiger partial charge in [-0.15, -0.1) is 0 Å². The average Bonchev–Trinajstić information content (AvgIpc) is 3.22. The number of aryl methyl sites for hydroxylation is 1. The van der Waals surface area contributed by atoms with Gasteiger partial charge in [0.05, 0.1) is 17.4 Å². The first-order valence-electron chi connectivity index (χ1n) is 7.79. The molecule has 0 aliphatic heterocycles. The Bertz CT molecular complexity index is 1010. The first-order valence-corrected chi connectivity index (χ1v) is 7.79. The predicted octanol–water partition coefficient (Wildman–Crippen LogP) is 4.30. The van der Waals surface area contributed by atoms with Crippen molar-refractivity contribution in [3.05, 3.63) is 54.6 Å². The summed E-state index contributed by atoms with van der Waals surface area (Å²) in [5.41, 5.74) is 3.34. The van der Waals surface area contributed by atoms with Gasteiger partial charge in [-0.3, -0.25) is 0 Å². The Balaban J connectivity index is 1.70. The van der Waals surface area contributed by atoms with E-state index in [1.807, 2.05) is 24.5 Å². The molecule has 0 atom stereocenters. The summed E-state index contributed by atoms with van der Waals surface area (Å²) in [7, 11) is 0. The van der Waals surface area contributed by atoms with Gasteiger partial charge in [-0.25, -0.2) is 9.37 Å². The molecule has 2 aromatic heterocycles. The monoisotopic (exact) mass is 322 g/mol. The van der Waals surface area contributed by atoms with Crippen LogP contribution >= 0.6 is 0 Å². The Hall–Kier alpha value is -3.02. The molecule has 0 N–H and O–H groups in total. The molecular formula is C18H15FN4O. The molecule has 0 aliphatic carbocycles. The predicted molar refractivity (Wildman–Crippen MR) is 88.7 cm³/mol. The number of nitrogens with zero attached hydrogens (tertiary/aromatic N) is 4. The van der Waals surface area contributed by atoms with Crippen LogP contribution in [0.25, 0.3) is 33.9 Å². The van der Waals surface area contributed by atoms with Crippen LogP contribution in [-0.4, -0.2) is 19.7 Å². The second-order valence-electron chi connectivity index (χ2n) is 5.57. The second kappa shape index (κ2) is 5.88. The largest absolute Gasteiger partial charge is 0.334 e. The molecule has 24 heavy (non-hydrogen) atoms. The third-order valence-electron chi connectivity index (χ3n) is 3.84. The van der Waals surface area contributed by atoms with Crippen molar-refractivity contribution in [3.8, 4) is 22.8 Å². The number of halogens is 1. The van der Waals surface area contributed by atoms with Gasteiger partial charge in [0.2, 0.25) is 5.82 Å². The lowest BCUT2D eigenvalue weighted by Gasteiger charge is -2.01. The zero-order valence-electron chi connectivity index (χ0n) is 13.1. The molecule has 0 unspecified atom stereocenters. The van der Waals surface area contributed by atoms with Gasteiger partial charge in [0.1, 0.15) is 5.82 Å². The lowest BCUT2D eigenvalue weighted by molar-refractivity contribution is 0.432. The van der Waals surface area contributed by atoms with E-state index < -0.39 is 0 Å². The highest BCUT2D eigenvalue weighted by Crippen LogP contribution is 2.25. The molecule has 0 saturated heterocycles. The van der Waals surface area contributed by atoms with Gasteiger partial charge in [-0.2, -0.15) is 4.98 Å². The van der Waals surface area contributed by atoms with Gasteiger partial charge in [-0.05, 0) is 42.8 Å². The maximum Gasteiger partial charge on any atom is 0.258 e. The van der Waals surface area contributed by atoms with Crippen LogP contribution in [0.5, 0.6) is 0 Å². The fraction of sp³-hybridized carbons (Fsp3) is 0.167. The van der Waals surface area contributed by atoms with E-state index in [-0.39, 0.29) is 5.82 Å². The lowest BCUT2D eigenvalue weighted by atomic mass is 10.2. The Morgan fingerprint density at radius 2 is 2.04 bits per heavy atom. The van der Waals surface area contributed by atoms with Crippen molar-refractivity contribution >= 4 is 11.0 Å². The summed E-state index contributed by atoms with van der Waals surface area (Å²) < 4.78 is 20.7. The SMILES string of the molecule is CCCn1cnc2cc(-c3noc(-c4cccc(F)c4)n3)ccc21. The van der Waals surface area contributed by atoms with Gasteiger partial charge in [0.25, 0.3) is 5.89 Å². The summed E-state index contributed by atoms with van der Waals surface area (Å²) in [4.78, 5) is 8.79. The Labute approximate surface area is 137 Å². The van der Waals surface area contributed by atoms with Crippen molar-refractivity contribution in [2.45, 2.75) is 19.9 Å². The molecular weight excluding hydrogens is 307 g/mol. The fourth-order valence-electron chi connectivity index (χ4n) is 2.70. The Kier molecular flexibility index (Phi) is 3.57. The third-order valence-corrected chi connectivity index (χ3v) is 3.84. The molecule has 6 heteroatoms. The first-order chi connectivity index (χ1) is 11.7. The van der Waals surface area contributed by atoms with E-state index in [2.05, 4.69) is 26.6 Å². The molecule has 5 nitrogen and oxygen atoms in total. The summed E-state index contributed by atoms with van der Waals surface area (Å²) in [5.74, 6) is 0.414. The van der Waals surface area contributed by atoms with E-state index in [4.69, 9.17) is 4.52 Å². The highest BCUT2D eigenvalue weighted by Gasteiger charge is 2.12. The van der Waals surface area contributed by atoms with E-state index in [0.717, 1.165) is 29.6 Å². The minimum absolute atomic E-state index is 0.293. The smallest absolute Gasteiger partial charge is 0.258 e. The van der Waals surface area contributed by atoms with Gasteiger partial charge in [0, 0.05) is 17.7 Å². The number of aromatic nitrogens is 4. The number of hydrogen-bond acceptors (Lipinski definition) is 4. The molecule has 4 rings (SSSR count). The van der Waals surface area contributed by atoms with Crippen molar-refractivity contribution in [2.24, 2.45) is 0 Å². The number of benzene rings is 2. The van der Waals surface area contributed by atoms with Gasteiger partial charge < -0.3 is 9.09 Å². The molecule has 0 radical (unpaired) electrons. The molecule has 2 heterocycles. The maximum absolute atomic E-state index is 13.3. The van der Waals surface area contributed by atoms with E-state index in [0.29, 0.717) is 17.3 Å². The van der Waals surface area contributed by atoms with Crippen molar-refractivity contribution in [1.29, 1.82) is 0 Å².